The molecule has 3 aromatic rings. The zero-order valence-electron chi connectivity index (χ0n) is 15.2. The summed E-state index contributed by atoms with van der Waals surface area (Å²) in [6.45, 7) is 2.04. The maximum atomic E-state index is 6.17. The molecular weight excluding hydrogens is 368 g/mol. The van der Waals surface area contributed by atoms with Crippen molar-refractivity contribution in [3.8, 4) is 23.0 Å². The zero-order valence-corrected chi connectivity index (χ0v) is 16.0. The molecule has 3 rings (SSSR count). The fourth-order valence-corrected chi connectivity index (χ4v) is 2.77. The molecule has 140 valence electrons. The molecule has 0 saturated carbocycles. The minimum Gasteiger partial charge on any atom is -0.493 e. The Balaban J connectivity index is 1.67. The number of aromatic nitrogens is 1. The van der Waals surface area contributed by atoms with E-state index in [0.717, 1.165) is 11.1 Å². The van der Waals surface area contributed by atoms with Crippen LogP contribution in [0.1, 0.15) is 17.0 Å². The van der Waals surface area contributed by atoms with Crippen LogP contribution in [0.5, 0.6) is 11.5 Å². The van der Waals surface area contributed by atoms with Crippen molar-refractivity contribution >= 4 is 17.8 Å². The molecule has 0 atom stereocenters. The third-order valence-corrected chi connectivity index (χ3v) is 4.13. The van der Waals surface area contributed by atoms with Gasteiger partial charge in [0.05, 0.1) is 25.5 Å². The van der Waals surface area contributed by atoms with Crippen molar-refractivity contribution in [1.29, 1.82) is 0 Å². The number of rotatable bonds is 7. The Kier molecular flexibility index (Phi) is 5.98. The number of methoxy groups -OCH3 is 2. The molecule has 0 aliphatic carbocycles. The van der Waals surface area contributed by atoms with Crippen LogP contribution in [0.4, 0.5) is 0 Å². The Labute approximate surface area is 162 Å². The number of ether oxygens (including phenoxy) is 2. The van der Waals surface area contributed by atoms with Crippen molar-refractivity contribution < 1.29 is 18.7 Å². The van der Waals surface area contributed by atoms with Crippen molar-refractivity contribution in [3.63, 3.8) is 0 Å². The highest BCUT2D eigenvalue weighted by atomic mass is 35.5. The Hall–Kier alpha value is -2.99. The summed E-state index contributed by atoms with van der Waals surface area (Å²) in [6.07, 6.45) is 1.54. The van der Waals surface area contributed by atoms with E-state index in [9.17, 15) is 0 Å². The SMILES string of the molecule is COc1cc(/C=N/OCc2nc(-c3ccccc3)oc2C)cc(Cl)c1OC. The highest BCUT2D eigenvalue weighted by Crippen LogP contribution is 2.35. The maximum absolute atomic E-state index is 6.17. The number of benzene rings is 2. The first kappa shape index (κ1) is 18.8. The van der Waals surface area contributed by atoms with E-state index in [0.29, 0.717) is 33.9 Å². The van der Waals surface area contributed by atoms with Crippen molar-refractivity contribution in [2.45, 2.75) is 13.5 Å². The fraction of sp³-hybridized carbons (Fsp3) is 0.200. The molecule has 0 fully saturated rings. The van der Waals surface area contributed by atoms with Gasteiger partial charge in [0, 0.05) is 11.1 Å². The molecule has 0 aliphatic heterocycles. The molecule has 0 amide bonds. The van der Waals surface area contributed by atoms with Crippen molar-refractivity contribution in [3.05, 3.63) is 64.5 Å². The Morgan fingerprint density at radius 1 is 1.15 bits per heavy atom. The Morgan fingerprint density at radius 2 is 1.93 bits per heavy atom. The van der Waals surface area contributed by atoms with Gasteiger partial charge in [-0.2, -0.15) is 0 Å². The van der Waals surface area contributed by atoms with Gasteiger partial charge in [-0.15, -0.1) is 0 Å². The Bertz CT molecular complexity index is 939. The standard InChI is InChI=1S/C20H19ClN2O4/c1-13-17(23-20(27-13)15-7-5-4-6-8-15)12-26-22-11-14-9-16(21)19(25-3)18(10-14)24-2/h4-11H,12H2,1-3H3/b22-11+. The minimum absolute atomic E-state index is 0.194. The summed E-state index contributed by atoms with van der Waals surface area (Å²) in [5, 5.41) is 4.40. The van der Waals surface area contributed by atoms with Crippen LogP contribution < -0.4 is 9.47 Å². The largest absolute Gasteiger partial charge is 0.493 e. The summed E-state index contributed by atoms with van der Waals surface area (Å²) in [5.74, 6) is 2.25. The third-order valence-electron chi connectivity index (χ3n) is 3.85. The van der Waals surface area contributed by atoms with Gasteiger partial charge in [0.25, 0.3) is 0 Å². The fourth-order valence-electron chi connectivity index (χ4n) is 2.48. The summed E-state index contributed by atoms with van der Waals surface area (Å²) in [6, 6.07) is 13.2. The number of hydrogen-bond donors (Lipinski definition) is 0. The molecule has 7 heteroatoms. The Morgan fingerprint density at radius 3 is 2.63 bits per heavy atom. The summed E-state index contributed by atoms with van der Waals surface area (Å²) in [5.41, 5.74) is 2.33. The molecule has 1 aromatic heterocycles. The van der Waals surface area contributed by atoms with E-state index in [4.69, 9.17) is 30.3 Å². The lowest BCUT2D eigenvalue weighted by Gasteiger charge is -2.09. The van der Waals surface area contributed by atoms with Crippen LogP contribution in [0.3, 0.4) is 0 Å². The normalized spacial score (nSPS) is 11.0. The molecule has 1 heterocycles. The second kappa shape index (κ2) is 8.60. The molecular formula is C20H19ClN2O4. The van der Waals surface area contributed by atoms with Crippen LogP contribution in [0.25, 0.3) is 11.5 Å². The van der Waals surface area contributed by atoms with Gasteiger partial charge < -0.3 is 18.7 Å². The lowest BCUT2D eigenvalue weighted by Crippen LogP contribution is -1.94. The number of hydrogen-bond acceptors (Lipinski definition) is 6. The number of oxazole rings is 1. The zero-order chi connectivity index (χ0) is 19.2. The second-order valence-corrected chi connectivity index (χ2v) is 6.04. The number of nitrogens with zero attached hydrogens (tertiary/aromatic N) is 2. The molecule has 0 aliphatic rings. The van der Waals surface area contributed by atoms with Crippen LogP contribution in [0.2, 0.25) is 5.02 Å². The van der Waals surface area contributed by atoms with E-state index in [1.165, 1.54) is 7.11 Å². The van der Waals surface area contributed by atoms with Gasteiger partial charge in [-0.1, -0.05) is 35.0 Å². The first-order valence-electron chi connectivity index (χ1n) is 8.21. The van der Waals surface area contributed by atoms with Crippen molar-refractivity contribution in [1.82, 2.24) is 4.98 Å². The van der Waals surface area contributed by atoms with E-state index in [-0.39, 0.29) is 6.61 Å². The van der Waals surface area contributed by atoms with Crippen LogP contribution >= 0.6 is 11.6 Å². The third kappa shape index (κ3) is 4.41. The van der Waals surface area contributed by atoms with Gasteiger partial charge in [0.15, 0.2) is 18.1 Å². The molecule has 0 saturated heterocycles. The van der Waals surface area contributed by atoms with E-state index < -0.39 is 0 Å². The average Bonchev–Trinajstić information content (AvgIpc) is 3.06. The predicted octanol–water partition coefficient (Wildman–Crippen LogP) is 4.87. The van der Waals surface area contributed by atoms with Gasteiger partial charge in [-0.25, -0.2) is 4.98 Å². The van der Waals surface area contributed by atoms with Gasteiger partial charge in [0.2, 0.25) is 5.89 Å². The summed E-state index contributed by atoms with van der Waals surface area (Å²) < 4.78 is 16.2. The topological polar surface area (TPSA) is 66.1 Å². The summed E-state index contributed by atoms with van der Waals surface area (Å²) in [4.78, 5) is 9.82. The van der Waals surface area contributed by atoms with Gasteiger partial charge in [0.1, 0.15) is 11.5 Å². The van der Waals surface area contributed by atoms with Crippen LogP contribution in [-0.4, -0.2) is 25.4 Å². The van der Waals surface area contributed by atoms with Crippen LogP contribution in [-0.2, 0) is 11.4 Å². The van der Waals surface area contributed by atoms with Crippen LogP contribution in [0.15, 0.2) is 52.0 Å². The highest BCUT2D eigenvalue weighted by molar-refractivity contribution is 6.32. The van der Waals surface area contributed by atoms with E-state index in [1.807, 2.05) is 37.3 Å². The predicted molar refractivity (Wildman–Crippen MR) is 104 cm³/mol. The smallest absolute Gasteiger partial charge is 0.226 e. The maximum Gasteiger partial charge on any atom is 0.226 e. The van der Waals surface area contributed by atoms with Gasteiger partial charge in [-0.05, 0) is 31.2 Å². The summed E-state index contributed by atoms with van der Waals surface area (Å²) in [7, 11) is 3.08. The minimum atomic E-state index is 0.194. The molecule has 27 heavy (non-hydrogen) atoms. The molecule has 0 N–H and O–H groups in total. The molecule has 0 spiro atoms. The average molecular weight is 387 g/mol. The van der Waals surface area contributed by atoms with E-state index >= 15 is 0 Å². The second-order valence-electron chi connectivity index (χ2n) is 5.63. The monoisotopic (exact) mass is 386 g/mol. The molecule has 0 unspecified atom stereocenters. The molecule has 0 radical (unpaired) electrons. The first-order chi connectivity index (χ1) is 13.1. The number of aryl methyl sites for hydroxylation is 1. The summed E-state index contributed by atoms with van der Waals surface area (Å²) >= 11 is 6.17. The van der Waals surface area contributed by atoms with Crippen LogP contribution in [0, 0.1) is 6.92 Å². The van der Waals surface area contributed by atoms with E-state index in [2.05, 4.69) is 10.1 Å². The molecule has 2 aromatic carbocycles. The highest BCUT2D eigenvalue weighted by Gasteiger charge is 2.12. The molecule has 0 bridgehead atoms. The van der Waals surface area contributed by atoms with Crippen molar-refractivity contribution in [2.24, 2.45) is 5.16 Å². The first-order valence-corrected chi connectivity index (χ1v) is 8.58. The van der Waals surface area contributed by atoms with Gasteiger partial charge >= 0.3 is 0 Å². The van der Waals surface area contributed by atoms with Gasteiger partial charge in [-0.3, -0.25) is 0 Å². The lowest BCUT2D eigenvalue weighted by molar-refractivity contribution is 0.128. The lowest BCUT2D eigenvalue weighted by atomic mass is 10.2. The van der Waals surface area contributed by atoms with Crippen molar-refractivity contribution in [2.75, 3.05) is 14.2 Å². The van der Waals surface area contributed by atoms with E-state index in [1.54, 1.807) is 25.5 Å². The number of halogens is 1. The quantitative estimate of drug-likeness (QED) is 0.428. The number of oxime groups is 1. The molecule has 6 nitrogen and oxygen atoms in total.